The Morgan fingerprint density at radius 3 is 2.72 bits per heavy atom. The molecule has 0 saturated carbocycles. The van der Waals surface area contributed by atoms with E-state index in [1.165, 1.54) is 6.07 Å². The number of nitrogens with zero attached hydrogens (tertiary/aromatic N) is 1. The molecule has 0 aliphatic rings. The highest BCUT2D eigenvalue weighted by Crippen LogP contribution is 2.23. The summed E-state index contributed by atoms with van der Waals surface area (Å²) in [5, 5.41) is 8.72. The van der Waals surface area contributed by atoms with Gasteiger partial charge in [-0.2, -0.15) is 5.26 Å². The predicted octanol–water partition coefficient (Wildman–Crippen LogP) is 2.13. The molecule has 0 amide bonds. The molecular formula is C13H16N2O3. The van der Waals surface area contributed by atoms with Crippen LogP contribution in [0.25, 0.3) is 0 Å². The van der Waals surface area contributed by atoms with E-state index in [1.807, 2.05) is 13.0 Å². The Hall–Kier alpha value is -2.22. The second-order valence-corrected chi connectivity index (χ2v) is 3.62. The number of anilines is 1. The lowest BCUT2D eigenvalue weighted by Gasteiger charge is -2.10. The van der Waals surface area contributed by atoms with Crippen LogP contribution in [0.2, 0.25) is 0 Å². The highest BCUT2D eigenvalue weighted by Gasteiger charge is 2.14. The summed E-state index contributed by atoms with van der Waals surface area (Å²) in [5.41, 5.74) is 6.42. The second kappa shape index (κ2) is 6.50. The lowest BCUT2D eigenvalue weighted by molar-refractivity contribution is 0.0401. The largest absolute Gasteiger partial charge is 0.492 e. The summed E-state index contributed by atoms with van der Waals surface area (Å²) in [7, 11) is 0. The zero-order valence-corrected chi connectivity index (χ0v) is 10.5. The molecule has 1 atom stereocenters. The van der Waals surface area contributed by atoms with E-state index >= 15 is 0 Å². The summed E-state index contributed by atoms with van der Waals surface area (Å²) in [6, 6.07) is 6.56. The van der Waals surface area contributed by atoms with Crippen molar-refractivity contribution >= 4 is 11.7 Å². The van der Waals surface area contributed by atoms with Gasteiger partial charge in [-0.15, -0.1) is 0 Å². The van der Waals surface area contributed by atoms with E-state index in [2.05, 4.69) is 0 Å². The van der Waals surface area contributed by atoms with Crippen LogP contribution >= 0.6 is 0 Å². The normalized spacial score (nSPS) is 11.4. The lowest BCUT2D eigenvalue weighted by Crippen LogP contribution is -2.15. The van der Waals surface area contributed by atoms with Gasteiger partial charge in [0.1, 0.15) is 11.8 Å². The first-order chi connectivity index (χ1) is 8.62. The molecular weight excluding hydrogens is 232 g/mol. The summed E-state index contributed by atoms with van der Waals surface area (Å²) < 4.78 is 10.3. The molecule has 5 nitrogen and oxygen atoms in total. The maximum Gasteiger partial charge on any atom is 0.339 e. The van der Waals surface area contributed by atoms with E-state index in [9.17, 15) is 4.79 Å². The monoisotopic (exact) mass is 248 g/mol. The third kappa shape index (κ3) is 3.39. The van der Waals surface area contributed by atoms with Gasteiger partial charge in [0.25, 0.3) is 0 Å². The van der Waals surface area contributed by atoms with Crippen LogP contribution in [0.3, 0.4) is 0 Å². The second-order valence-electron chi connectivity index (χ2n) is 3.62. The summed E-state index contributed by atoms with van der Waals surface area (Å²) in [4.78, 5) is 11.7. The average Bonchev–Trinajstić information content (AvgIpc) is 2.38. The standard InChI is InChI=1S/C13H16N2O3/c1-3-10(8-14)18-13(16)9-5-6-12(17-4-2)11(15)7-9/h5-7,10H,3-4,15H2,1-2H3. The van der Waals surface area contributed by atoms with Crippen LogP contribution in [-0.4, -0.2) is 18.7 Å². The maximum atomic E-state index is 11.7. The van der Waals surface area contributed by atoms with Crippen molar-refractivity contribution in [1.82, 2.24) is 0 Å². The highest BCUT2D eigenvalue weighted by atomic mass is 16.5. The molecule has 5 heteroatoms. The minimum Gasteiger partial charge on any atom is -0.492 e. The van der Waals surface area contributed by atoms with Crippen molar-refractivity contribution in [3.8, 4) is 11.8 Å². The van der Waals surface area contributed by atoms with E-state index in [0.717, 1.165) is 0 Å². The number of esters is 1. The molecule has 0 bridgehead atoms. The third-order valence-corrected chi connectivity index (χ3v) is 2.31. The Morgan fingerprint density at radius 1 is 1.50 bits per heavy atom. The van der Waals surface area contributed by atoms with Crippen molar-refractivity contribution in [2.45, 2.75) is 26.4 Å². The Labute approximate surface area is 106 Å². The van der Waals surface area contributed by atoms with Crippen LogP contribution in [0.4, 0.5) is 5.69 Å². The van der Waals surface area contributed by atoms with E-state index in [1.54, 1.807) is 19.1 Å². The van der Waals surface area contributed by atoms with Crippen molar-refractivity contribution < 1.29 is 14.3 Å². The molecule has 0 spiro atoms. The first kappa shape index (κ1) is 13.8. The van der Waals surface area contributed by atoms with Gasteiger partial charge >= 0.3 is 5.97 Å². The molecule has 1 aromatic carbocycles. The minimum atomic E-state index is -0.731. The van der Waals surface area contributed by atoms with Gasteiger partial charge in [-0.3, -0.25) is 0 Å². The molecule has 0 aliphatic carbocycles. The number of nitrogens with two attached hydrogens (primary N) is 1. The Morgan fingerprint density at radius 2 is 2.22 bits per heavy atom. The van der Waals surface area contributed by atoms with Gasteiger partial charge in [0, 0.05) is 0 Å². The van der Waals surface area contributed by atoms with E-state index in [4.69, 9.17) is 20.5 Å². The lowest BCUT2D eigenvalue weighted by atomic mass is 10.2. The molecule has 1 unspecified atom stereocenters. The molecule has 96 valence electrons. The van der Waals surface area contributed by atoms with E-state index < -0.39 is 12.1 Å². The minimum absolute atomic E-state index is 0.310. The molecule has 0 saturated heterocycles. The van der Waals surface area contributed by atoms with Crippen molar-refractivity contribution in [3.05, 3.63) is 23.8 Å². The van der Waals surface area contributed by atoms with E-state index in [-0.39, 0.29) is 0 Å². The predicted molar refractivity (Wildman–Crippen MR) is 67.1 cm³/mol. The number of ether oxygens (including phenoxy) is 2. The van der Waals surface area contributed by atoms with Crippen LogP contribution in [0.15, 0.2) is 18.2 Å². The molecule has 0 fully saturated rings. The fourth-order valence-electron chi connectivity index (χ4n) is 1.36. The quantitative estimate of drug-likeness (QED) is 0.637. The maximum absolute atomic E-state index is 11.7. The molecule has 18 heavy (non-hydrogen) atoms. The molecule has 0 radical (unpaired) electrons. The number of hydrogen-bond acceptors (Lipinski definition) is 5. The number of nitrogen functional groups attached to an aromatic ring is 1. The number of carbonyl (C=O) groups is 1. The Balaban J connectivity index is 2.82. The summed E-state index contributed by atoms with van der Waals surface area (Å²) in [5.74, 6) is -0.0282. The van der Waals surface area contributed by atoms with Crippen LogP contribution in [-0.2, 0) is 4.74 Å². The molecule has 1 aromatic rings. The van der Waals surface area contributed by atoms with Crippen LogP contribution in [0.5, 0.6) is 5.75 Å². The molecule has 1 rings (SSSR count). The Kier molecular flexibility index (Phi) is 5.00. The number of hydrogen-bond donors (Lipinski definition) is 1. The number of carbonyl (C=O) groups excluding carboxylic acids is 1. The third-order valence-electron chi connectivity index (χ3n) is 2.31. The summed E-state index contributed by atoms with van der Waals surface area (Å²) in [6.07, 6.45) is -0.278. The number of nitriles is 1. The fourth-order valence-corrected chi connectivity index (χ4v) is 1.36. The topological polar surface area (TPSA) is 85.3 Å². The van der Waals surface area contributed by atoms with Gasteiger partial charge in [-0.1, -0.05) is 6.92 Å². The first-order valence-electron chi connectivity index (χ1n) is 5.75. The van der Waals surface area contributed by atoms with Gasteiger partial charge in [0.2, 0.25) is 0 Å². The zero-order valence-electron chi connectivity index (χ0n) is 10.5. The van der Waals surface area contributed by atoms with Crippen molar-refractivity contribution in [3.63, 3.8) is 0 Å². The number of benzene rings is 1. The van der Waals surface area contributed by atoms with Crippen LogP contribution in [0, 0.1) is 11.3 Å². The van der Waals surface area contributed by atoms with Crippen LogP contribution < -0.4 is 10.5 Å². The molecule has 0 aliphatic heterocycles. The summed E-state index contributed by atoms with van der Waals surface area (Å²) >= 11 is 0. The average molecular weight is 248 g/mol. The van der Waals surface area contributed by atoms with Crippen molar-refractivity contribution in [1.29, 1.82) is 5.26 Å². The van der Waals surface area contributed by atoms with Gasteiger partial charge in [0.05, 0.1) is 17.9 Å². The van der Waals surface area contributed by atoms with Gasteiger partial charge in [-0.05, 0) is 31.5 Å². The number of rotatable bonds is 5. The smallest absolute Gasteiger partial charge is 0.339 e. The van der Waals surface area contributed by atoms with Crippen LogP contribution in [0.1, 0.15) is 30.6 Å². The highest BCUT2D eigenvalue weighted by molar-refractivity contribution is 5.91. The first-order valence-corrected chi connectivity index (χ1v) is 5.75. The Bertz CT molecular complexity index is 466. The van der Waals surface area contributed by atoms with Crippen molar-refractivity contribution in [2.24, 2.45) is 0 Å². The zero-order chi connectivity index (χ0) is 13.5. The van der Waals surface area contributed by atoms with Gasteiger partial charge in [-0.25, -0.2) is 4.79 Å². The molecule has 0 aromatic heterocycles. The van der Waals surface area contributed by atoms with Gasteiger partial charge in [0.15, 0.2) is 6.10 Å². The van der Waals surface area contributed by atoms with Crippen molar-refractivity contribution in [2.75, 3.05) is 12.3 Å². The summed E-state index contributed by atoms with van der Waals surface area (Å²) in [6.45, 7) is 4.12. The molecule has 2 N–H and O–H groups in total. The SMILES string of the molecule is CCOc1ccc(C(=O)OC(C#N)CC)cc1N. The molecule has 0 heterocycles. The fraction of sp³-hybridized carbons (Fsp3) is 0.385. The van der Waals surface area contributed by atoms with E-state index in [0.29, 0.717) is 30.0 Å². The van der Waals surface area contributed by atoms with Gasteiger partial charge < -0.3 is 15.2 Å².